The Kier molecular flexibility index (Phi) is 5.59. The fraction of sp³-hybridized carbons (Fsp3) is 0.269. The number of hydrogen-bond acceptors (Lipinski definition) is 4. The maximum Gasteiger partial charge on any atom is 0.416 e. The van der Waals surface area contributed by atoms with Crippen LogP contribution in [0.3, 0.4) is 0 Å². The number of aromatic nitrogens is 4. The summed E-state index contributed by atoms with van der Waals surface area (Å²) in [7, 11) is 0. The molecule has 2 aromatic heterocycles. The monoisotopic (exact) mass is 463 g/mol. The molecule has 0 radical (unpaired) electrons. The average molecular weight is 464 g/mol. The molecule has 0 bridgehead atoms. The highest BCUT2D eigenvalue weighted by Crippen LogP contribution is 2.40. The highest BCUT2D eigenvalue weighted by molar-refractivity contribution is 5.70. The minimum Gasteiger partial charge on any atom is -0.323 e. The van der Waals surface area contributed by atoms with Crippen molar-refractivity contribution < 1.29 is 13.2 Å². The second-order valence-corrected chi connectivity index (χ2v) is 8.64. The van der Waals surface area contributed by atoms with Crippen LogP contribution in [-0.2, 0) is 12.7 Å². The van der Waals surface area contributed by atoms with E-state index in [1.54, 1.807) is 16.8 Å². The summed E-state index contributed by atoms with van der Waals surface area (Å²) in [6, 6.07) is 15.7. The van der Waals surface area contributed by atoms with E-state index < -0.39 is 17.7 Å². The third-order valence-electron chi connectivity index (χ3n) is 6.21. The molecule has 0 saturated carbocycles. The number of nitrogens with zero attached hydrogens (tertiary/aromatic N) is 4. The van der Waals surface area contributed by atoms with Gasteiger partial charge in [0, 0.05) is 30.0 Å². The van der Waals surface area contributed by atoms with Crippen molar-refractivity contribution in [1.29, 1.82) is 0 Å². The van der Waals surface area contributed by atoms with Crippen molar-refractivity contribution in [2.24, 2.45) is 0 Å². The summed E-state index contributed by atoms with van der Waals surface area (Å²) in [5.74, 6) is 0.495. The topological polar surface area (TPSA) is 55.6 Å². The second kappa shape index (κ2) is 8.59. The number of alkyl halides is 3. The quantitative estimate of drug-likeness (QED) is 0.368. The predicted octanol–water partition coefficient (Wildman–Crippen LogP) is 6.65. The number of rotatable bonds is 4. The van der Waals surface area contributed by atoms with Crippen LogP contribution in [0.2, 0.25) is 0 Å². The van der Waals surface area contributed by atoms with Crippen LogP contribution in [0.1, 0.15) is 47.0 Å². The molecule has 5 nitrogen and oxygen atoms in total. The van der Waals surface area contributed by atoms with E-state index in [-0.39, 0.29) is 5.56 Å². The van der Waals surface area contributed by atoms with Gasteiger partial charge < -0.3 is 5.32 Å². The van der Waals surface area contributed by atoms with Crippen LogP contribution in [0.15, 0.2) is 60.8 Å². The third kappa shape index (κ3) is 4.27. The molecule has 1 unspecified atom stereocenters. The number of hydrogen-bond donors (Lipinski definition) is 1. The van der Waals surface area contributed by atoms with Gasteiger partial charge in [0.2, 0.25) is 5.95 Å². The van der Waals surface area contributed by atoms with Gasteiger partial charge in [-0.25, -0.2) is 4.68 Å². The molecule has 0 amide bonds. The van der Waals surface area contributed by atoms with Gasteiger partial charge >= 0.3 is 6.18 Å². The Morgan fingerprint density at radius 1 is 1.03 bits per heavy atom. The van der Waals surface area contributed by atoms with Crippen molar-refractivity contribution in [1.82, 2.24) is 19.7 Å². The van der Waals surface area contributed by atoms with Crippen LogP contribution in [0.4, 0.5) is 24.8 Å². The molecule has 8 heteroatoms. The van der Waals surface area contributed by atoms with Gasteiger partial charge in [-0.05, 0) is 73.2 Å². The lowest BCUT2D eigenvalue weighted by molar-refractivity contribution is -0.138. The smallest absolute Gasteiger partial charge is 0.323 e. The lowest BCUT2D eigenvalue weighted by Crippen LogP contribution is -2.21. The first-order valence-corrected chi connectivity index (χ1v) is 11.2. The minimum absolute atomic E-state index is 0.252. The number of anilines is 2. The van der Waals surface area contributed by atoms with E-state index in [0.717, 1.165) is 40.6 Å². The zero-order valence-corrected chi connectivity index (χ0v) is 18.9. The highest BCUT2D eigenvalue weighted by Gasteiger charge is 2.37. The van der Waals surface area contributed by atoms with Crippen molar-refractivity contribution >= 4 is 11.6 Å². The lowest BCUT2D eigenvalue weighted by Gasteiger charge is -2.25. The molecule has 0 saturated heterocycles. The van der Waals surface area contributed by atoms with Crippen molar-refractivity contribution in [2.45, 2.75) is 45.3 Å². The second-order valence-electron chi connectivity index (χ2n) is 8.64. The first kappa shape index (κ1) is 22.1. The summed E-state index contributed by atoms with van der Waals surface area (Å²) in [5, 5.41) is 7.73. The molecular formula is C26H24F3N5. The van der Waals surface area contributed by atoms with Gasteiger partial charge in [0.05, 0.1) is 5.56 Å². The van der Waals surface area contributed by atoms with Crippen LogP contribution < -0.4 is 5.32 Å². The van der Waals surface area contributed by atoms with Gasteiger partial charge in [-0.1, -0.05) is 30.3 Å². The number of aryl methyl sites for hydroxylation is 3. The van der Waals surface area contributed by atoms with Gasteiger partial charge in [0.15, 0.2) is 0 Å². The standard InChI is InChI=1S/C26H24F3N5/c1-16-15-30-17(2)14-22(16)18-9-11-19(12-10-18)31-25-32-24-21(7-5-13-34(24)33-25)20-6-3-4-8-23(20)26(27,28)29/h3-4,6,8-12,14-15,21H,5,7,13H2,1-2H3,(H,31,33). The Hall–Kier alpha value is -3.68. The Bertz CT molecular complexity index is 1330. The van der Waals surface area contributed by atoms with Crippen molar-refractivity contribution in [3.8, 4) is 11.1 Å². The average Bonchev–Trinajstić information content (AvgIpc) is 3.23. The van der Waals surface area contributed by atoms with Crippen molar-refractivity contribution in [2.75, 3.05) is 5.32 Å². The predicted molar refractivity (Wildman–Crippen MR) is 125 cm³/mol. The van der Waals surface area contributed by atoms with E-state index in [0.29, 0.717) is 24.7 Å². The fourth-order valence-corrected chi connectivity index (χ4v) is 4.56. The number of pyridine rings is 1. The van der Waals surface area contributed by atoms with Gasteiger partial charge in [-0.2, -0.15) is 18.2 Å². The molecule has 1 N–H and O–H groups in total. The number of nitrogens with one attached hydrogen (secondary N) is 1. The summed E-state index contributed by atoms with van der Waals surface area (Å²) in [6.07, 6.45) is -1.20. The van der Waals surface area contributed by atoms with Crippen LogP contribution >= 0.6 is 0 Å². The van der Waals surface area contributed by atoms with Gasteiger partial charge in [0.25, 0.3) is 0 Å². The van der Waals surface area contributed by atoms with Crippen molar-refractivity contribution in [3.63, 3.8) is 0 Å². The van der Waals surface area contributed by atoms with E-state index in [4.69, 9.17) is 0 Å². The first-order valence-electron chi connectivity index (χ1n) is 11.2. The molecule has 34 heavy (non-hydrogen) atoms. The van der Waals surface area contributed by atoms with Crippen LogP contribution in [0.25, 0.3) is 11.1 Å². The van der Waals surface area contributed by atoms with Crippen LogP contribution in [0.5, 0.6) is 0 Å². The van der Waals surface area contributed by atoms with E-state index in [1.807, 2.05) is 44.3 Å². The number of benzene rings is 2. The third-order valence-corrected chi connectivity index (χ3v) is 6.21. The molecule has 5 rings (SSSR count). The Morgan fingerprint density at radius 2 is 1.79 bits per heavy atom. The first-order chi connectivity index (χ1) is 16.3. The van der Waals surface area contributed by atoms with Crippen molar-refractivity contribution in [3.05, 3.63) is 89.0 Å². The molecule has 174 valence electrons. The van der Waals surface area contributed by atoms with Crippen LogP contribution in [-0.4, -0.2) is 19.7 Å². The maximum atomic E-state index is 13.6. The summed E-state index contributed by atoms with van der Waals surface area (Å²) >= 11 is 0. The highest BCUT2D eigenvalue weighted by atomic mass is 19.4. The minimum atomic E-state index is -4.41. The molecular weight excluding hydrogens is 439 g/mol. The normalized spacial score (nSPS) is 15.7. The molecule has 0 spiro atoms. The number of halogens is 3. The molecule has 3 heterocycles. The van der Waals surface area contributed by atoms with Gasteiger partial charge in [-0.15, -0.1) is 5.10 Å². The van der Waals surface area contributed by atoms with Gasteiger partial charge in [-0.3, -0.25) is 4.98 Å². The van der Waals surface area contributed by atoms with Gasteiger partial charge in [0.1, 0.15) is 5.82 Å². The molecule has 1 aliphatic rings. The molecule has 0 fully saturated rings. The zero-order chi connectivity index (χ0) is 23.9. The Balaban J connectivity index is 1.41. The van der Waals surface area contributed by atoms with E-state index in [9.17, 15) is 13.2 Å². The lowest BCUT2D eigenvalue weighted by atomic mass is 9.88. The maximum absolute atomic E-state index is 13.6. The summed E-state index contributed by atoms with van der Waals surface area (Å²) in [6.45, 7) is 4.63. The van der Waals surface area contributed by atoms with Crippen LogP contribution in [0, 0.1) is 13.8 Å². The molecule has 0 aliphatic carbocycles. The van der Waals surface area contributed by atoms with E-state index in [1.165, 1.54) is 6.07 Å². The Morgan fingerprint density at radius 3 is 2.56 bits per heavy atom. The molecule has 4 aromatic rings. The molecule has 2 aromatic carbocycles. The largest absolute Gasteiger partial charge is 0.416 e. The summed E-state index contributed by atoms with van der Waals surface area (Å²) in [4.78, 5) is 8.92. The fourth-order valence-electron chi connectivity index (χ4n) is 4.56. The summed E-state index contributed by atoms with van der Waals surface area (Å²) < 4.78 is 42.6. The summed E-state index contributed by atoms with van der Waals surface area (Å²) in [5.41, 5.74) is 4.71. The zero-order valence-electron chi connectivity index (χ0n) is 18.9. The van der Waals surface area contributed by atoms with E-state index in [2.05, 4.69) is 26.4 Å². The van der Waals surface area contributed by atoms with E-state index >= 15 is 0 Å². The molecule has 1 atom stereocenters. The molecule has 1 aliphatic heterocycles. The SMILES string of the molecule is Cc1cc(-c2ccc(Nc3nc4n(n3)CCCC4c3ccccc3C(F)(F)F)cc2)c(C)cn1. The Labute approximate surface area is 195 Å². The number of fused-ring (bicyclic) bond motifs is 1.